The second kappa shape index (κ2) is 9.02. The summed E-state index contributed by atoms with van der Waals surface area (Å²) in [4.78, 5) is 22.6. The number of rotatable bonds is 8. The highest BCUT2D eigenvalue weighted by molar-refractivity contribution is 7.99. The molecule has 1 N–H and O–H groups in total. The first-order valence-corrected chi connectivity index (χ1v) is 8.13. The molecule has 0 aliphatic carbocycles. The van der Waals surface area contributed by atoms with Gasteiger partial charge in [-0.3, -0.25) is 9.59 Å². The third-order valence-electron chi connectivity index (χ3n) is 2.93. The third-order valence-corrected chi connectivity index (χ3v) is 3.75. The molecule has 0 aliphatic heterocycles. The molecule has 2 aromatic rings. The number of amides is 1. The van der Waals surface area contributed by atoms with E-state index in [9.17, 15) is 14.0 Å². The summed E-state index contributed by atoms with van der Waals surface area (Å²) in [6, 6.07) is 5.67. The van der Waals surface area contributed by atoms with Gasteiger partial charge in [-0.25, -0.2) is 4.39 Å². The van der Waals surface area contributed by atoms with Crippen LogP contribution in [0.3, 0.4) is 0 Å². The normalized spacial score (nSPS) is 10.4. The zero-order chi connectivity index (χ0) is 17.4. The van der Waals surface area contributed by atoms with Gasteiger partial charge in [0.05, 0.1) is 12.9 Å². The SMILES string of the molecule is COC(=O)CCCNC(=O)CSc1nnc(-c2ccc(F)cc2)o1. The number of nitrogens with one attached hydrogen (secondary N) is 1. The summed E-state index contributed by atoms with van der Waals surface area (Å²) < 4.78 is 22.8. The molecule has 0 fully saturated rings. The van der Waals surface area contributed by atoms with Crippen molar-refractivity contribution in [3.63, 3.8) is 0 Å². The number of thioether (sulfide) groups is 1. The smallest absolute Gasteiger partial charge is 0.305 e. The first-order chi connectivity index (χ1) is 11.6. The molecule has 0 bridgehead atoms. The lowest BCUT2D eigenvalue weighted by atomic mass is 10.2. The van der Waals surface area contributed by atoms with Crippen LogP contribution in [-0.2, 0) is 14.3 Å². The number of benzene rings is 1. The van der Waals surface area contributed by atoms with Crippen LogP contribution >= 0.6 is 11.8 Å². The summed E-state index contributed by atoms with van der Waals surface area (Å²) in [6.07, 6.45) is 0.771. The van der Waals surface area contributed by atoms with Gasteiger partial charge >= 0.3 is 5.97 Å². The first-order valence-electron chi connectivity index (χ1n) is 7.14. The Morgan fingerprint density at radius 3 is 2.75 bits per heavy atom. The average Bonchev–Trinajstić information content (AvgIpc) is 3.06. The number of esters is 1. The number of methoxy groups -OCH3 is 1. The van der Waals surface area contributed by atoms with E-state index in [2.05, 4.69) is 20.3 Å². The number of carbonyl (C=O) groups is 2. The van der Waals surface area contributed by atoms with Crippen molar-refractivity contribution < 1.29 is 23.1 Å². The van der Waals surface area contributed by atoms with Crippen molar-refractivity contribution >= 4 is 23.6 Å². The Morgan fingerprint density at radius 2 is 2.04 bits per heavy atom. The van der Waals surface area contributed by atoms with Gasteiger partial charge in [0.15, 0.2) is 0 Å². The number of ether oxygens (including phenoxy) is 1. The molecule has 0 aliphatic rings. The number of hydrogen-bond donors (Lipinski definition) is 1. The van der Waals surface area contributed by atoms with Crippen LogP contribution in [0.4, 0.5) is 4.39 Å². The summed E-state index contributed by atoms with van der Waals surface area (Å²) in [5, 5.41) is 10.6. The molecule has 1 amide bonds. The van der Waals surface area contributed by atoms with Gasteiger partial charge in [0.2, 0.25) is 11.8 Å². The average molecular weight is 353 g/mol. The maximum absolute atomic E-state index is 12.9. The second-order valence-electron chi connectivity index (χ2n) is 4.70. The Balaban J connectivity index is 1.73. The molecule has 24 heavy (non-hydrogen) atoms. The Morgan fingerprint density at radius 1 is 1.29 bits per heavy atom. The van der Waals surface area contributed by atoms with Crippen LogP contribution < -0.4 is 5.32 Å². The standard InChI is InChI=1S/C15H16FN3O4S/c1-22-13(21)3-2-8-17-12(20)9-24-15-19-18-14(23-15)10-4-6-11(16)7-5-10/h4-7H,2-3,8-9H2,1H3,(H,17,20). The lowest BCUT2D eigenvalue weighted by Crippen LogP contribution is -2.26. The molecule has 9 heteroatoms. The summed E-state index contributed by atoms with van der Waals surface area (Å²) in [5.41, 5.74) is 0.600. The van der Waals surface area contributed by atoms with E-state index in [0.717, 1.165) is 11.8 Å². The Labute approximate surface area is 142 Å². The minimum atomic E-state index is -0.350. The van der Waals surface area contributed by atoms with Crippen molar-refractivity contribution in [2.45, 2.75) is 18.1 Å². The molecule has 1 aromatic carbocycles. The molecule has 0 atom stereocenters. The zero-order valence-electron chi connectivity index (χ0n) is 13.0. The van der Waals surface area contributed by atoms with Crippen molar-refractivity contribution in [2.75, 3.05) is 19.4 Å². The molecular formula is C15H16FN3O4S. The fraction of sp³-hybridized carbons (Fsp3) is 0.333. The van der Waals surface area contributed by atoms with Crippen LogP contribution in [0.25, 0.3) is 11.5 Å². The van der Waals surface area contributed by atoms with E-state index in [1.54, 1.807) is 0 Å². The van der Waals surface area contributed by atoms with Gasteiger partial charge in [0.1, 0.15) is 5.82 Å². The minimum Gasteiger partial charge on any atom is -0.469 e. The van der Waals surface area contributed by atoms with Gasteiger partial charge in [0, 0.05) is 18.5 Å². The van der Waals surface area contributed by atoms with Gasteiger partial charge in [-0.15, -0.1) is 10.2 Å². The quantitative estimate of drug-likeness (QED) is 0.441. The van der Waals surface area contributed by atoms with Gasteiger partial charge in [-0.2, -0.15) is 0 Å². The van der Waals surface area contributed by atoms with Crippen LogP contribution in [0.15, 0.2) is 33.9 Å². The maximum Gasteiger partial charge on any atom is 0.305 e. The summed E-state index contributed by atoms with van der Waals surface area (Å²) in [5.74, 6) is -0.486. The zero-order valence-corrected chi connectivity index (χ0v) is 13.8. The van der Waals surface area contributed by atoms with Gasteiger partial charge in [0.25, 0.3) is 5.22 Å². The molecule has 1 aromatic heterocycles. The van der Waals surface area contributed by atoms with Crippen LogP contribution in [0.2, 0.25) is 0 Å². The first kappa shape index (κ1) is 17.9. The summed E-state index contributed by atoms with van der Waals surface area (Å²) in [7, 11) is 1.32. The number of hydrogen-bond acceptors (Lipinski definition) is 7. The lowest BCUT2D eigenvalue weighted by molar-refractivity contribution is -0.140. The molecule has 128 valence electrons. The van der Waals surface area contributed by atoms with Crippen molar-refractivity contribution in [3.8, 4) is 11.5 Å². The molecule has 0 saturated carbocycles. The van der Waals surface area contributed by atoms with Crippen LogP contribution in [0.5, 0.6) is 0 Å². The molecule has 0 radical (unpaired) electrons. The van der Waals surface area contributed by atoms with E-state index in [0.29, 0.717) is 18.5 Å². The van der Waals surface area contributed by atoms with Gasteiger partial charge in [-0.1, -0.05) is 11.8 Å². The maximum atomic E-state index is 12.9. The molecule has 1 heterocycles. The summed E-state index contributed by atoms with van der Waals surface area (Å²) in [6.45, 7) is 0.388. The Hall–Kier alpha value is -2.42. The van der Waals surface area contributed by atoms with Crippen molar-refractivity contribution in [3.05, 3.63) is 30.1 Å². The van der Waals surface area contributed by atoms with Crippen molar-refractivity contribution in [2.24, 2.45) is 0 Å². The minimum absolute atomic E-state index is 0.114. The summed E-state index contributed by atoms with van der Waals surface area (Å²) >= 11 is 1.10. The highest BCUT2D eigenvalue weighted by Crippen LogP contribution is 2.23. The van der Waals surface area contributed by atoms with Gasteiger partial charge in [-0.05, 0) is 30.7 Å². The monoisotopic (exact) mass is 353 g/mol. The van der Waals surface area contributed by atoms with Crippen molar-refractivity contribution in [1.29, 1.82) is 0 Å². The Kier molecular flexibility index (Phi) is 6.74. The number of nitrogens with zero attached hydrogens (tertiary/aromatic N) is 2. The highest BCUT2D eigenvalue weighted by Gasteiger charge is 2.11. The van der Waals surface area contributed by atoms with E-state index in [1.807, 2.05) is 0 Å². The Bertz CT molecular complexity index is 690. The van der Waals surface area contributed by atoms with E-state index >= 15 is 0 Å². The van der Waals surface area contributed by atoms with E-state index in [1.165, 1.54) is 31.4 Å². The molecular weight excluding hydrogens is 337 g/mol. The predicted molar refractivity (Wildman–Crippen MR) is 84.7 cm³/mol. The van der Waals surface area contributed by atoms with Crippen LogP contribution in [0, 0.1) is 5.82 Å². The number of halogens is 1. The molecule has 0 spiro atoms. The highest BCUT2D eigenvalue weighted by atomic mass is 32.2. The number of carbonyl (C=O) groups excluding carboxylic acids is 2. The van der Waals surface area contributed by atoms with Gasteiger partial charge < -0.3 is 14.5 Å². The largest absolute Gasteiger partial charge is 0.469 e. The number of aromatic nitrogens is 2. The molecule has 7 nitrogen and oxygen atoms in total. The molecule has 0 saturated heterocycles. The lowest BCUT2D eigenvalue weighted by Gasteiger charge is -2.03. The molecule has 0 unspecified atom stereocenters. The third kappa shape index (κ3) is 5.65. The second-order valence-corrected chi connectivity index (χ2v) is 5.62. The fourth-order valence-electron chi connectivity index (χ4n) is 1.72. The van der Waals surface area contributed by atoms with E-state index < -0.39 is 0 Å². The van der Waals surface area contributed by atoms with E-state index in [-0.39, 0.29) is 41.0 Å². The fourth-order valence-corrected chi connectivity index (χ4v) is 2.31. The predicted octanol–water partition coefficient (Wildman–Crippen LogP) is 2.04. The van der Waals surface area contributed by atoms with E-state index in [4.69, 9.17) is 4.42 Å². The molecule has 2 rings (SSSR count). The topological polar surface area (TPSA) is 94.3 Å². The van der Waals surface area contributed by atoms with Crippen LogP contribution in [0.1, 0.15) is 12.8 Å². The van der Waals surface area contributed by atoms with Crippen molar-refractivity contribution in [1.82, 2.24) is 15.5 Å². The van der Waals surface area contributed by atoms with Crippen LogP contribution in [-0.4, -0.2) is 41.5 Å².